The maximum absolute atomic E-state index is 12.6. The summed E-state index contributed by atoms with van der Waals surface area (Å²) in [7, 11) is 4.00. The molecule has 1 atom stereocenters. The Morgan fingerprint density at radius 2 is 1.84 bits per heavy atom. The van der Waals surface area contributed by atoms with Crippen LogP contribution in [0.1, 0.15) is 55.7 Å². The molecule has 6 heteroatoms. The number of hydrogen-bond acceptors (Lipinski definition) is 2. The Bertz CT molecular complexity index is 640. The standard InChI is InChI=1S/C19H27Cl2N3O/c1-12(15-6-7-16(13-4-5-13)18(21)17(15)20)22-19(25)24(3)14-8-10-23(2)11-9-14/h6-7,12-14H,4-5,8-11H2,1-3H3,(H,22,25). The summed E-state index contributed by atoms with van der Waals surface area (Å²) in [4.78, 5) is 16.7. The van der Waals surface area contributed by atoms with Gasteiger partial charge >= 0.3 is 6.03 Å². The van der Waals surface area contributed by atoms with Crippen molar-refractivity contribution in [1.82, 2.24) is 15.1 Å². The van der Waals surface area contributed by atoms with Crippen LogP contribution in [0.25, 0.3) is 0 Å². The molecule has 1 unspecified atom stereocenters. The van der Waals surface area contributed by atoms with E-state index in [1.54, 1.807) is 0 Å². The number of carbonyl (C=O) groups is 1. The van der Waals surface area contributed by atoms with Crippen molar-refractivity contribution in [2.75, 3.05) is 27.2 Å². The molecular weight excluding hydrogens is 357 g/mol. The van der Waals surface area contributed by atoms with Crippen molar-refractivity contribution in [2.45, 2.75) is 50.6 Å². The van der Waals surface area contributed by atoms with Gasteiger partial charge in [0.05, 0.1) is 16.1 Å². The van der Waals surface area contributed by atoms with Gasteiger partial charge in [-0.3, -0.25) is 0 Å². The summed E-state index contributed by atoms with van der Waals surface area (Å²) in [5.41, 5.74) is 2.01. The molecule has 4 nitrogen and oxygen atoms in total. The third-order valence-electron chi connectivity index (χ3n) is 5.52. The minimum Gasteiger partial charge on any atom is -0.331 e. The summed E-state index contributed by atoms with van der Waals surface area (Å²) in [6.07, 6.45) is 4.39. The number of urea groups is 1. The molecule has 2 aliphatic rings. The Kier molecular flexibility index (Phi) is 5.81. The molecule has 1 aromatic rings. The fraction of sp³-hybridized carbons (Fsp3) is 0.632. The fourth-order valence-electron chi connectivity index (χ4n) is 3.54. The fourth-order valence-corrected chi connectivity index (χ4v) is 4.20. The van der Waals surface area contributed by atoms with Crippen LogP contribution >= 0.6 is 23.2 Å². The lowest BCUT2D eigenvalue weighted by Crippen LogP contribution is -2.48. The Morgan fingerprint density at radius 3 is 2.44 bits per heavy atom. The molecule has 0 bridgehead atoms. The van der Waals surface area contributed by atoms with E-state index < -0.39 is 0 Å². The average molecular weight is 384 g/mol. The third kappa shape index (κ3) is 4.24. The number of nitrogens with zero attached hydrogens (tertiary/aromatic N) is 2. The number of nitrogens with one attached hydrogen (secondary N) is 1. The van der Waals surface area contributed by atoms with Crippen molar-refractivity contribution in [1.29, 1.82) is 0 Å². The second kappa shape index (κ2) is 7.73. The normalized spacial score (nSPS) is 20.4. The van der Waals surface area contributed by atoms with Crippen LogP contribution in [-0.2, 0) is 0 Å². The first-order valence-electron chi connectivity index (χ1n) is 9.08. The number of halogens is 2. The second-order valence-corrected chi connectivity index (χ2v) is 8.22. The van der Waals surface area contributed by atoms with Gasteiger partial charge in [-0.15, -0.1) is 0 Å². The van der Waals surface area contributed by atoms with Crippen LogP contribution < -0.4 is 5.32 Å². The van der Waals surface area contributed by atoms with Gasteiger partial charge in [0.1, 0.15) is 0 Å². The van der Waals surface area contributed by atoms with Crippen molar-refractivity contribution in [2.24, 2.45) is 0 Å². The number of hydrogen-bond donors (Lipinski definition) is 1. The molecule has 1 saturated heterocycles. The zero-order valence-corrected chi connectivity index (χ0v) is 16.7. The topological polar surface area (TPSA) is 35.6 Å². The SMILES string of the molecule is CC(NC(=O)N(C)C1CCN(C)CC1)c1ccc(C2CC2)c(Cl)c1Cl. The molecule has 1 aliphatic heterocycles. The van der Waals surface area contributed by atoms with Crippen LogP contribution in [0.4, 0.5) is 4.79 Å². The highest BCUT2D eigenvalue weighted by Crippen LogP contribution is 2.46. The van der Waals surface area contributed by atoms with E-state index in [2.05, 4.69) is 23.3 Å². The molecule has 0 radical (unpaired) electrons. The monoisotopic (exact) mass is 383 g/mol. The first kappa shape index (κ1) is 18.8. The van der Waals surface area contributed by atoms with Crippen LogP contribution in [0.3, 0.4) is 0 Å². The van der Waals surface area contributed by atoms with Crippen molar-refractivity contribution in [3.8, 4) is 0 Å². The smallest absolute Gasteiger partial charge is 0.317 e. The molecule has 1 saturated carbocycles. The number of amides is 2. The Labute approximate surface area is 160 Å². The second-order valence-electron chi connectivity index (χ2n) is 7.46. The van der Waals surface area contributed by atoms with Crippen LogP contribution in [0.15, 0.2) is 12.1 Å². The van der Waals surface area contributed by atoms with Gasteiger partial charge in [0.15, 0.2) is 0 Å². The molecule has 1 aliphatic carbocycles. The molecule has 1 heterocycles. The van der Waals surface area contributed by atoms with Gasteiger partial charge in [-0.1, -0.05) is 35.3 Å². The third-order valence-corrected chi connectivity index (χ3v) is 6.43. The van der Waals surface area contributed by atoms with E-state index in [0.717, 1.165) is 37.1 Å². The van der Waals surface area contributed by atoms with Crippen molar-refractivity contribution in [3.05, 3.63) is 33.3 Å². The van der Waals surface area contributed by atoms with Gasteiger partial charge in [-0.25, -0.2) is 4.79 Å². The zero-order chi connectivity index (χ0) is 18.1. The van der Waals surface area contributed by atoms with E-state index in [9.17, 15) is 4.79 Å². The number of likely N-dealkylation sites (tertiary alicyclic amines) is 1. The predicted octanol–water partition coefficient (Wildman–Crippen LogP) is 4.67. The quantitative estimate of drug-likeness (QED) is 0.819. The number of benzene rings is 1. The lowest BCUT2D eigenvalue weighted by Gasteiger charge is -2.35. The van der Waals surface area contributed by atoms with E-state index >= 15 is 0 Å². The Morgan fingerprint density at radius 1 is 1.20 bits per heavy atom. The minimum absolute atomic E-state index is 0.0551. The van der Waals surface area contributed by atoms with E-state index in [-0.39, 0.29) is 12.1 Å². The van der Waals surface area contributed by atoms with Gasteiger partial charge in [0.2, 0.25) is 0 Å². The van der Waals surface area contributed by atoms with E-state index in [0.29, 0.717) is 22.0 Å². The molecule has 0 aromatic heterocycles. The van der Waals surface area contributed by atoms with E-state index in [1.165, 1.54) is 12.8 Å². The van der Waals surface area contributed by atoms with Gasteiger partial charge in [-0.2, -0.15) is 0 Å². The molecule has 25 heavy (non-hydrogen) atoms. The van der Waals surface area contributed by atoms with Crippen LogP contribution in [-0.4, -0.2) is 49.1 Å². The molecule has 3 rings (SSSR count). The van der Waals surface area contributed by atoms with Gasteiger partial charge in [0, 0.05) is 13.1 Å². The summed E-state index contributed by atoms with van der Waals surface area (Å²) in [5.74, 6) is 0.555. The highest BCUT2D eigenvalue weighted by atomic mass is 35.5. The van der Waals surface area contributed by atoms with Gasteiger partial charge in [0.25, 0.3) is 0 Å². The summed E-state index contributed by atoms with van der Waals surface area (Å²) < 4.78 is 0. The van der Waals surface area contributed by atoms with Gasteiger partial charge < -0.3 is 15.1 Å². The Hall–Kier alpha value is -0.970. The lowest BCUT2D eigenvalue weighted by atomic mass is 10.0. The summed E-state index contributed by atoms with van der Waals surface area (Å²) in [6, 6.07) is 4.12. The first-order valence-corrected chi connectivity index (χ1v) is 9.83. The molecule has 138 valence electrons. The lowest BCUT2D eigenvalue weighted by molar-refractivity contribution is 0.146. The maximum atomic E-state index is 12.6. The van der Waals surface area contributed by atoms with Crippen LogP contribution in [0.2, 0.25) is 10.0 Å². The Balaban J connectivity index is 1.64. The van der Waals surface area contributed by atoms with Gasteiger partial charge in [-0.05, 0) is 69.8 Å². The predicted molar refractivity (Wildman–Crippen MR) is 104 cm³/mol. The molecular formula is C19H27Cl2N3O. The van der Waals surface area contributed by atoms with E-state index in [4.69, 9.17) is 23.2 Å². The molecule has 2 fully saturated rings. The molecule has 2 amide bonds. The highest BCUT2D eigenvalue weighted by Gasteiger charge is 2.29. The van der Waals surface area contributed by atoms with Crippen LogP contribution in [0.5, 0.6) is 0 Å². The van der Waals surface area contributed by atoms with Crippen molar-refractivity contribution < 1.29 is 4.79 Å². The highest BCUT2D eigenvalue weighted by molar-refractivity contribution is 6.43. The van der Waals surface area contributed by atoms with E-state index in [1.807, 2.05) is 24.9 Å². The maximum Gasteiger partial charge on any atom is 0.317 e. The minimum atomic E-state index is -0.181. The first-order chi connectivity index (χ1) is 11.9. The number of piperidine rings is 1. The van der Waals surface area contributed by atoms with Crippen molar-refractivity contribution in [3.63, 3.8) is 0 Å². The summed E-state index contributed by atoms with van der Waals surface area (Å²) >= 11 is 12.9. The molecule has 0 spiro atoms. The number of rotatable bonds is 4. The summed E-state index contributed by atoms with van der Waals surface area (Å²) in [5, 5.41) is 4.28. The van der Waals surface area contributed by atoms with Crippen molar-refractivity contribution >= 4 is 29.2 Å². The largest absolute Gasteiger partial charge is 0.331 e. The zero-order valence-electron chi connectivity index (χ0n) is 15.2. The van der Waals surface area contributed by atoms with Crippen LogP contribution in [0, 0.1) is 0 Å². The number of carbonyl (C=O) groups excluding carboxylic acids is 1. The molecule has 1 N–H and O–H groups in total. The average Bonchev–Trinajstić information content (AvgIpc) is 3.42. The summed E-state index contributed by atoms with van der Waals surface area (Å²) in [6.45, 7) is 4.01. The molecule has 1 aromatic carbocycles.